The number of ether oxygens (including phenoxy) is 3. The Balaban J connectivity index is 1.34. The van der Waals surface area contributed by atoms with Crippen molar-refractivity contribution in [3.8, 4) is 11.5 Å². The van der Waals surface area contributed by atoms with Crippen molar-refractivity contribution < 1.29 is 28.6 Å². The lowest BCUT2D eigenvalue weighted by Crippen LogP contribution is -2.21. The van der Waals surface area contributed by atoms with Crippen LogP contribution in [0, 0.1) is 0 Å². The number of amides is 2. The summed E-state index contributed by atoms with van der Waals surface area (Å²) in [6, 6.07) is 9.86. The Labute approximate surface area is 158 Å². The zero-order chi connectivity index (χ0) is 18.8. The fourth-order valence-electron chi connectivity index (χ4n) is 2.60. The minimum atomic E-state index is -0.650. The van der Waals surface area contributed by atoms with E-state index in [0.29, 0.717) is 28.6 Å². The van der Waals surface area contributed by atoms with Gasteiger partial charge in [-0.25, -0.2) is 4.79 Å². The SMILES string of the molecule is O=C(COC(=O)c1ccc2c(c1)NC(=O)CS2)Nc1ccc2c(c1)OCO2. The van der Waals surface area contributed by atoms with Crippen LogP contribution in [-0.2, 0) is 14.3 Å². The molecule has 0 unspecified atom stereocenters. The predicted octanol–water partition coefficient (Wildman–Crippen LogP) is 2.25. The molecule has 27 heavy (non-hydrogen) atoms. The molecule has 2 heterocycles. The lowest BCUT2D eigenvalue weighted by atomic mass is 10.2. The van der Waals surface area contributed by atoms with Gasteiger partial charge in [0.1, 0.15) is 0 Å². The lowest BCUT2D eigenvalue weighted by Gasteiger charge is -2.16. The second-order valence-corrected chi connectivity index (χ2v) is 6.76. The van der Waals surface area contributed by atoms with E-state index in [9.17, 15) is 14.4 Å². The number of hydrogen-bond acceptors (Lipinski definition) is 7. The fourth-order valence-corrected chi connectivity index (χ4v) is 3.38. The molecule has 2 N–H and O–H groups in total. The largest absolute Gasteiger partial charge is 0.454 e. The molecule has 0 fully saturated rings. The molecule has 9 heteroatoms. The van der Waals surface area contributed by atoms with E-state index in [2.05, 4.69) is 10.6 Å². The number of hydrogen-bond donors (Lipinski definition) is 2. The van der Waals surface area contributed by atoms with Crippen molar-refractivity contribution in [2.75, 3.05) is 29.8 Å². The van der Waals surface area contributed by atoms with Crippen molar-refractivity contribution in [2.45, 2.75) is 4.90 Å². The molecule has 2 amide bonds. The van der Waals surface area contributed by atoms with Crippen LogP contribution in [0.25, 0.3) is 0 Å². The second kappa shape index (κ2) is 7.20. The van der Waals surface area contributed by atoms with Crippen molar-refractivity contribution in [1.29, 1.82) is 0 Å². The Morgan fingerprint density at radius 1 is 1.15 bits per heavy atom. The molecule has 0 aromatic heterocycles. The summed E-state index contributed by atoms with van der Waals surface area (Å²) in [5.74, 6) is 0.237. The van der Waals surface area contributed by atoms with Crippen molar-refractivity contribution in [1.82, 2.24) is 0 Å². The topological polar surface area (TPSA) is 103 Å². The third-order valence-electron chi connectivity index (χ3n) is 3.84. The summed E-state index contributed by atoms with van der Waals surface area (Å²) in [7, 11) is 0. The molecular formula is C18H14N2O6S. The minimum absolute atomic E-state index is 0.124. The van der Waals surface area contributed by atoms with Crippen molar-refractivity contribution in [3.63, 3.8) is 0 Å². The first-order valence-electron chi connectivity index (χ1n) is 8.02. The highest BCUT2D eigenvalue weighted by molar-refractivity contribution is 8.00. The van der Waals surface area contributed by atoms with Gasteiger partial charge in [-0.1, -0.05) is 0 Å². The van der Waals surface area contributed by atoms with Crippen LogP contribution >= 0.6 is 11.8 Å². The van der Waals surface area contributed by atoms with Gasteiger partial charge in [-0.2, -0.15) is 0 Å². The molecule has 0 saturated heterocycles. The van der Waals surface area contributed by atoms with E-state index in [-0.39, 0.29) is 18.3 Å². The summed E-state index contributed by atoms with van der Waals surface area (Å²) in [6.07, 6.45) is 0. The zero-order valence-corrected chi connectivity index (χ0v) is 14.8. The van der Waals surface area contributed by atoms with Crippen LogP contribution in [-0.4, -0.2) is 36.9 Å². The molecule has 0 aliphatic carbocycles. The van der Waals surface area contributed by atoms with Crippen LogP contribution in [0.5, 0.6) is 11.5 Å². The normalized spacial score (nSPS) is 14.1. The van der Waals surface area contributed by atoms with Gasteiger partial charge in [0.05, 0.1) is 17.0 Å². The summed E-state index contributed by atoms with van der Waals surface area (Å²) in [5.41, 5.74) is 1.33. The number of carbonyl (C=O) groups is 3. The van der Waals surface area contributed by atoms with Crippen LogP contribution in [0.15, 0.2) is 41.3 Å². The Morgan fingerprint density at radius 3 is 2.89 bits per heavy atom. The third kappa shape index (κ3) is 3.82. The highest BCUT2D eigenvalue weighted by Crippen LogP contribution is 2.34. The first-order valence-corrected chi connectivity index (χ1v) is 9.00. The Bertz CT molecular complexity index is 945. The average Bonchev–Trinajstić information content (AvgIpc) is 3.13. The molecule has 0 saturated carbocycles. The second-order valence-electron chi connectivity index (χ2n) is 5.74. The number of anilines is 2. The van der Waals surface area contributed by atoms with Gasteiger partial charge in [-0.3, -0.25) is 9.59 Å². The number of nitrogens with one attached hydrogen (secondary N) is 2. The van der Waals surface area contributed by atoms with Gasteiger partial charge in [-0.05, 0) is 30.3 Å². The zero-order valence-electron chi connectivity index (χ0n) is 13.9. The molecular weight excluding hydrogens is 372 g/mol. The van der Waals surface area contributed by atoms with Gasteiger partial charge < -0.3 is 24.8 Å². The standard InChI is InChI=1S/C18H14N2O6S/c21-16(19-11-2-3-13-14(6-11)26-9-25-13)7-24-18(23)10-1-4-15-12(5-10)20-17(22)8-27-15/h1-6H,7-9H2,(H,19,21)(H,20,22). The van der Waals surface area contributed by atoms with Crippen LogP contribution in [0.4, 0.5) is 11.4 Å². The summed E-state index contributed by atoms with van der Waals surface area (Å²) in [5, 5.41) is 5.33. The van der Waals surface area contributed by atoms with Gasteiger partial charge in [0.2, 0.25) is 12.7 Å². The first kappa shape index (κ1) is 17.2. The maximum Gasteiger partial charge on any atom is 0.338 e. The van der Waals surface area contributed by atoms with E-state index < -0.39 is 18.5 Å². The Kier molecular flexibility index (Phi) is 4.59. The monoisotopic (exact) mass is 386 g/mol. The molecule has 138 valence electrons. The van der Waals surface area contributed by atoms with Crippen molar-refractivity contribution in [3.05, 3.63) is 42.0 Å². The number of thioether (sulfide) groups is 1. The molecule has 8 nitrogen and oxygen atoms in total. The maximum atomic E-state index is 12.2. The van der Waals surface area contributed by atoms with E-state index in [1.807, 2.05) is 0 Å². The number of esters is 1. The average molecular weight is 386 g/mol. The van der Waals surface area contributed by atoms with Gasteiger partial charge in [0.25, 0.3) is 5.91 Å². The van der Waals surface area contributed by atoms with E-state index in [4.69, 9.17) is 14.2 Å². The molecule has 0 atom stereocenters. The number of benzene rings is 2. The third-order valence-corrected chi connectivity index (χ3v) is 4.91. The van der Waals surface area contributed by atoms with Crippen LogP contribution in [0.1, 0.15) is 10.4 Å². The molecule has 2 aliphatic rings. The van der Waals surface area contributed by atoms with Gasteiger partial charge in [-0.15, -0.1) is 11.8 Å². The molecule has 2 aromatic rings. The summed E-state index contributed by atoms with van der Waals surface area (Å²) >= 11 is 1.40. The summed E-state index contributed by atoms with van der Waals surface area (Å²) in [6.45, 7) is -0.296. The lowest BCUT2D eigenvalue weighted by molar-refractivity contribution is -0.119. The highest BCUT2D eigenvalue weighted by atomic mass is 32.2. The van der Waals surface area contributed by atoms with Gasteiger partial charge >= 0.3 is 5.97 Å². The van der Waals surface area contributed by atoms with Gasteiger partial charge in [0, 0.05) is 16.6 Å². The van der Waals surface area contributed by atoms with E-state index in [1.165, 1.54) is 17.8 Å². The molecule has 0 radical (unpaired) electrons. The maximum absolute atomic E-state index is 12.2. The van der Waals surface area contributed by atoms with Gasteiger partial charge in [0.15, 0.2) is 18.1 Å². The molecule has 0 bridgehead atoms. The first-order chi connectivity index (χ1) is 13.1. The summed E-state index contributed by atoms with van der Waals surface area (Å²) < 4.78 is 15.5. The number of carbonyl (C=O) groups excluding carboxylic acids is 3. The smallest absolute Gasteiger partial charge is 0.338 e. The number of rotatable bonds is 4. The van der Waals surface area contributed by atoms with Crippen molar-refractivity contribution in [2.24, 2.45) is 0 Å². The van der Waals surface area contributed by atoms with Crippen molar-refractivity contribution >= 4 is 40.9 Å². The minimum Gasteiger partial charge on any atom is -0.454 e. The van der Waals surface area contributed by atoms with Crippen LogP contribution in [0.2, 0.25) is 0 Å². The molecule has 0 spiro atoms. The Morgan fingerprint density at radius 2 is 2.00 bits per heavy atom. The molecule has 2 aromatic carbocycles. The summed E-state index contributed by atoms with van der Waals surface area (Å²) in [4.78, 5) is 36.5. The molecule has 2 aliphatic heterocycles. The molecule has 4 rings (SSSR count). The van der Waals surface area contributed by atoms with Crippen LogP contribution in [0.3, 0.4) is 0 Å². The van der Waals surface area contributed by atoms with Crippen LogP contribution < -0.4 is 20.1 Å². The predicted molar refractivity (Wildman–Crippen MR) is 97.3 cm³/mol. The van der Waals surface area contributed by atoms with E-state index in [0.717, 1.165) is 4.90 Å². The fraction of sp³-hybridized carbons (Fsp3) is 0.167. The van der Waals surface area contributed by atoms with E-state index >= 15 is 0 Å². The Hall–Kier alpha value is -3.20. The quantitative estimate of drug-likeness (QED) is 0.777. The van der Waals surface area contributed by atoms with E-state index in [1.54, 1.807) is 30.3 Å². The highest BCUT2D eigenvalue weighted by Gasteiger charge is 2.19. The number of fused-ring (bicyclic) bond motifs is 2.